The van der Waals surface area contributed by atoms with Crippen LogP contribution in [-0.2, 0) is 11.3 Å². The summed E-state index contributed by atoms with van der Waals surface area (Å²) in [4.78, 5) is 16.0. The van der Waals surface area contributed by atoms with Crippen molar-refractivity contribution in [2.45, 2.75) is 25.8 Å². The van der Waals surface area contributed by atoms with Crippen LogP contribution in [0.25, 0.3) is 11.1 Å². The molecule has 0 bridgehead atoms. The van der Waals surface area contributed by atoms with E-state index in [0.29, 0.717) is 18.9 Å². The number of carbonyl (C=O) groups excluding carboxylic acids is 1. The lowest BCUT2D eigenvalue weighted by Gasteiger charge is -2.09. The van der Waals surface area contributed by atoms with Crippen molar-refractivity contribution in [2.75, 3.05) is 0 Å². The highest BCUT2D eigenvalue weighted by Gasteiger charge is 2.13. The molecule has 0 spiro atoms. The quantitative estimate of drug-likeness (QED) is 0.853. The van der Waals surface area contributed by atoms with Gasteiger partial charge in [0.2, 0.25) is 5.91 Å². The number of carbonyl (C=O) groups is 1. The van der Waals surface area contributed by atoms with Gasteiger partial charge in [0.15, 0.2) is 0 Å². The van der Waals surface area contributed by atoms with Gasteiger partial charge in [-0.05, 0) is 41.5 Å². The zero-order valence-corrected chi connectivity index (χ0v) is 12.5. The summed E-state index contributed by atoms with van der Waals surface area (Å²) in [5.74, 6) is 0.556. The van der Waals surface area contributed by atoms with Gasteiger partial charge < -0.3 is 5.32 Å². The molecule has 0 saturated heterocycles. The Hall–Kier alpha value is -2.42. The van der Waals surface area contributed by atoms with Gasteiger partial charge in [0, 0.05) is 25.4 Å². The lowest BCUT2D eigenvalue weighted by molar-refractivity contribution is -0.121. The van der Waals surface area contributed by atoms with Crippen molar-refractivity contribution >= 4 is 5.91 Å². The lowest BCUT2D eigenvalue weighted by atomic mass is 10.0. The Morgan fingerprint density at radius 1 is 1.18 bits per heavy atom. The summed E-state index contributed by atoms with van der Waals surface area (Å²) >= 11 is 0. The van der Waals surface area contributed by atoms with Crippen molar-refractivity contribution in [3.05, 3.63) is 66.5 Å². The van der Waals surface area contributed by atoms with E-state index in [1.54, 1.807) is 6.20 Å². The minimum absolute atomic E-state index is 0.132. The smallest absolute Gasteiger partial charge is 0.220 e. The van der Waals surface area contributed by atoms with Gasteiger partial charge >= 0.3 is 0 Å². The van der Waals surface area contributed by atoms with Crippen molar-refractivity contribution in [3.63, 3.8) is 0 Å². The highest BCUT2D eigenvalue weighted by atomic mass is 16.1. The maximum atomic E-state index is 11.9. The molecule has 22 heavy (non-hydrogen) atoms. The molecule has 0 saturated carbocycles. The van der Waals surface area contributed by atoms with Crippen LogP contribution in [0.15, 0.2) is 60.9 Å². The first-order chi connectivity index (χ1) is 10.8. The van der Waals surface area contributed by atoms with E-state index in [9.17, 15) is 4.79 Å². The molecular formula is C19H20N2O. The number of nitrogens with one attached hydrogen (secondary N) is 1. The Bertz CT molecular complexity index is 647. The third-order valence-electron chi connectivity index (χ3n) is 4.00. The summed E-state index contributed by atoms with van der Waals surface area (Å²) < 4.78 is 0. The Kier molecular flexibility index (Phi) is 4.64. The van der Waals surface area contributed by atoms with Gasteiger partial charge in [-0.3, -0.25) is 9.78 Å². The predicted octanol–water partition coefficient (Wildman–Crippen LogP) is 3.72. The zero-order chi connectivity index (χ0) is 15.2. The predicted molar refractivity (Wildman–Crippen MR) is 88.0 cm³/mol. The summed E-state index contributed by atoms with van der Waals surface area (Å²) in [6, 6.07) is 12.2. The fraction of sp³-hybridized carbons (Fsp3) is 0.263. The number of benzene rings is 1. The molecular weight excluding hydrogens is 272 g/mol. The molecule has 112 valence electrons. The molecule has 1 heterocycles. The van der Waals surface area contributed by atoms with Crippen molar-refractivity contribution in [1.82, 2.24) is 10.3 Å². The number of pyridine rings is 1. The highest BCUT2D eigenvalue weighted by Crippen LogP contribution is 2.20. The van der Waals surface area contributed by atoms with Crippen molar-refractivity contribution in [2.24, 2.45) is 5.92 Å². The third-order valence-corrected chi connectivity index (χ3v) is 4.00. The largest absolute Gasteiger partial charge is 0.352 e. The molecule has 3 heteroatoms. The van der Waals surface area contributed by atoms with Gasteiger partial charge in [-0.25, -0.2) is 0 Å². The summed E-state index contributed by atoms with van der Waals surface area (Å²) in [6.07, 6.45) is 10.8. The van der Waals surface area contributed by atoms with Gasteiger partial charge in [0.25, 0.3) is 0 Å². The second-order valence-electron chi connectivity index (χ2n) is 5.69. The van der Waals surface area contributed by atoms with E-state index in [0.717, 1.165) is 29.5 Å². The summed E-state index contributed by atoms with van der Waals surface area (Å²) in [7, 11) is 0. The number of aromatic nitrogens is 1. The molecule has 0 unspecified atom stereocenters. The van der Waals surface area contributed by atoms with Crippen LogP contribution in [0.2, 0.25) is 0 Å². The third kappa shape index (κ3) is 3.82. The number of hydrogen-bond donors (Lipinski definition) is 1. The molecule has 1 atom stereocenters. The Balaban J connectivity index is 1.53. The van der Waals surface area contributed by atoms with Gasteiger partial charge in [-0.2, -0.15) is 0 Å². The first-order valence-corrected chi connectivity index (χ1v) is 7.74. The van der Waals surface area contributed by atoms with Crippen molar-refractivity contribution in [1.29, 1.82) is 0 Å². The van der Waals surface area contributed by atoms with Gasteiger partial charge in [0.05, 0.1) is 0 Å². The molecule has 3 rings (SSSR count). The maximum Gasteiger partial charge on any atom is 0.220 e. The molecule has 0 aliphatic heterocycles. The first kappa shape index (κ1) is 14.5. The van der Waals surface area contributed by atoms with Gasteiger partial charge in [0.1, 0.15) is 0 Å². The Morgan fingerprint density at radius 3 is 2.73 bits per heavy atom. The summed E-state index contributed by atoms with van der Waals surface area (Å²) in [5, 5.41) is 3.00. The normalized spacial score (nSPS) is 16.6. The number of amides is 1. The van der Waals surface area contributed by atoms with Crippen LogP contribution >= 0.6 is 0 Å². The molecule has 1 aliphatic rings. The van der Waals surface area contributed by atoms with E-state index in [-0.39, 0.29) is 5.91 Å². The average Bonchev–Trinajstić information content (AvgIpc) is 3.07. The van der Waals surface area contributed by atoms with Gasteiger partial charge in [-0.1, -0.05) is 42.5 Å². The minimum atomic E-state index is 0.132. The Morgan fingerprint density at radius 2 is 2.05 bits per heavy atom. The molecule has 3 nitrogen and oxygen atoms in total. The molecule has 0 fully saturated rings. The monoisotopic (exact) mass is 292 g/mol. The molecule has 1 aromatic heterocycles. The van der Waals surface area contributed by atoms with Crippen LogP contribution < -0.4 is 5.32 Å². The second-order valence-corrected chi connectivity index (χ2v) is 5.69. The van der Waals surface area contributed by atoms with Crippen LogP contribution in [0, 0.1) is 5.92 Å². The van der Waals surface area contributed by atoms with Gasteiger partial charge in [-0.15, -0.1) is 0 Å². The Labute approximate surface area is 131 Å². The number of nitrogens with zero attached hydrogens (tertiary/aromatic N) is 1. The number of rotatable bonds is 5. The molecule has 0 radical (unpaired) electrons. The van der Waals surface area contributed by atoms with E-state index in [1.807, 2.05) is 18.3 Å². The molecule has 2 aromatic rings. The summed E-state index contributed by atoms with van der Waals surface area (Å²) in [5.41, 5.74) is 3.35. The zero-order valence-electron chi connectivity index (χ0n) is 12.5. The first-order valence-electron chi connectivity index (χ1n) is 7.74. The topological polar surface area (TPSA) is 42.0 Å². The van der Waals surface area contributed by atoms with Crippen molar-refractivity contribution < 1.29 is 4.79 Å². The minimum Gasteiger partial charge on any atom is -0.352 e. The van der Waals surface area contributed by atoms with Crippen molar-refractivity contribution in [3.8, 4) is 11.1 Å². The second kappa shape index (κ2) is 7.03. The van der Waals surface area contributed by atoms with Crippen LogP contribution in [0.1, 0.15) is 24.8 Å². The maximum absolute atomic E-state index is 11.9. The fourth-order valence-electron chi connectivity index (χ4n) is 2.72. The fourth-order valence-corrected chi connectivity index (χ4v) is 2.72. The van der Waals surface area contributed by atoms with E-state index < -0.39 is 0 Å². The SMILES string of the molecule is O=C(C[C@@H]1C=CCC1)NCc1ccc(-c2cccnc2)cc1. The average molecular weight is 292 g/mol. The van der Waals surface area contributed by atoms with Crippen LogP contribution in [-0.4, -0.2) is 10.9 Å². The molecule has 1 amide bonds. The van der Waals surface area contributed by atoms with Crippen LogP contribution in [0.4, 0.5) is 0 Å². The molecule has 1 aliphatic carbocycles. The van der Waals surface area contributed by atoms with E-state index in [4.69, 9.17) is 0 Å². The van der Waals surface area contributed by atoms with E-state index >= 15 is 0 Å². The molecule has 1 aromatic carbocycles. The number of hydrogen-bond acceptors (Lipinski definition) is 2. The standard InChI is InChI=1S/C19H20N2O/c22-19(12-15-4-1-2-5-15)21-13-16-7-9-17(10-8-16)18-6-3-11-20-14-18/h1,3-4,6-11,14-15H,2,5,12-13H2,(H,21,22)/t15-/m1/s1. The molecule has 1 N–H and O–H groups in total. The summed E-state index contributed by atoms with van der Waals surface area (Å²) in [6.45, 7) is 0.586. The van der Waals surface area contributed by atoms with Crippen LogP contribution in [0.3, 0.4) is 0 Å². The number of allylic oxidation sites excluding steroid dienone is 2. The van der Waals surface area contributed by atoms with E-state index in [2.05, 4.69) is 46.7 Å². The van der Waals surface area contributed by atoms with Crippen LogP contribution in [0.5, 0.6) is 0 Å². The highest BCUT2D eigenvalue weighted by molar-refractivity contribution is 5.76. The van der Waals surface area contributed by atoms with E-state index in [1.165, 1.54) is 0 Å². The lowest BCUT2D eigenvalue weighted by Crippen LogP contribution is -2.24.